The van der Waals surface area contributed by atoms with E-state index in [-0.39, 0.29) is 6.10 Å². The van der Waals surface area contributed by atoms with Crippen LogP contribution >= 0.6 is 11.8 Å². The maximum Gasteiger partial charge on any atom is 0.0945 e. The average molecular weight is 225 g/mol. The number of likely N-dealkylation sites (N-methyl/N-ethyl adjacent to an activating group) is 1. The molecule has 0 amide bonds. The Morgan fingerprint density at radius 1 is 1.33 bits per heavy atom. The molecule has 0 fully saturated rings. The lowest BCUT2D eigenvalue weighted by atomic mass is 10.1. The van der Waals surface area contributed by atoms with Crippen LogP contribution in [0.2, 0.25) is 0 Å². The van der Waals surface area contributed by atoms with Gasteiger partial charge in [0.1, 0.15) is 0 Å². The molecule has 1 atom stereocenters. The number of thioether (sulfide) groups is 1. The summed E-state index contributed by atoms with van der Waals surface area (Å²) in [6.45, 7) is 3.01. The first kappa shape index (κ1) is 12.6. The topological polar surface area (TPSA) is 21.3 Å². The Morgan fingerprint density at radius 3 is 2.47 bits per heavy atom. The van der Waals surface area contributed by atoms with Crippen LogP contribution < -0.4 is 5.32 Å². The predicted octanol–water partition coefficient (Wildman–Crippen LogP) is 2.71. The number of rotatable bonds is 6. The Morgan fingerprint density at radius 2 is 2.00 bits per heavy atom. The van der Waals surface area contributed by atoms with E-state index < -0.39 is 0 Å². The van der Waals surface area contributed by atoms with Gasteiger partial charge in [0.15, 0.2) is 0 Å². The van der Waals surface area contributed by atoms with Crippen LogP contribution in [0.1, 0.15) is 18.6 Å². The van der Waals surface area contributed by atoms with E-state index in [0.717, 1.165) is 12.3 Å². The highest BCUT2D eigenvalue weighted by Crippen LogP contribution is 2.21. The molecular weight excluding hydrogens is 206 g/mol. The lowest BCUT2D eigenvalue weighted by molar-refractivity contribution is 0.104. The van der Waals surface area contributed by atoms with Gasteiger partial charge in [-0.15, -0.1) is 11.8 Å². The van der Waals surface area contributed by atoms with Crippen molar-refractivity contribution < 1.29 is 4.74 Å². The Kier molecular flexibility index (Phi) is 5.76. The van der Waals surface area contributed by atoms with E-state index in [1.54, 1.807) is 7.11 Å². The highest BCUT2D eigenvalue weighted by atomic mass is 32.2. The standard InChI is InChI=1S/C12H19NOS/c1-4-15-11-7-5-10(6-8-11)12(14-3)9-13-2/h5-8,12-13H,4,9H2,1-3H3. The Bertz CT molecular complexity index is 273. The normalized spacial score (nSPS) is 12.7. The summed E-state index contributed by atoms with van der Waals surface area (Å²) < 4.78 is 5.41. The molecule has 0 saturated heterocycles. The molecular formula is C12H19NOS. The summed E-state index contributed by atoms with van der Waals surface area (Å²) in [4.78, 5) is 1.32. The zero-order valence-corrected chi connectivity index (χ0v) is 10.4. The van der Waals surface area contributed by atoms with Gasteiger partial charge in [0.05, 0.1) is 6.10 Å². The van der Waals surface area contributed by atoms with Crippen molar-refractivity contribution in [2.75, 3.05) is 26.5 Å². The Labute approximate surface area is 96.4 Å². The zero-order valence-electron chi connectivity index (χ0n) is 9.62. The van der Waals surface area contributed by atoms with Gasteiger partial charge in [-0.25, -0.2) is 0 Å². The van der Waals surface area contributed by atoms with Gasteiger partial charge in [0.2, 0.25) is 0 Å². The molecule has 3 heteroatoms. The van der Waals surface area contributed by atoms with Crippen molar-refractivity contribution in [1.82, 2.24) is 5.32 Å². The fourth-order valence-electron chi connectivity index (χ4n) is 1.47. The molecule has 84 valence electrons. The molecule has 0 radical (unpaired) electrons. The second-order valence-electron chi connectivity index (χ2n) is 3.28. The minimum absolute atomic E-state index is 0.149. The summed E-state index contributed by atoms with van der Waals surface area (Å²) in [5.74, 6) is 1.11. The van der Waals surface area contributed by atoms with Crippen molar-refractivity contribution in [3.05, 3.63) is 29.8 Å². The SMILES string of the molecule is CCSc1ccc(C(CNC)OC)cc1. The molecule has 15 heavy (non-hydrogen) atoms. The maximum atomic E-state index is 5.41. The summed E-state index contributed by atoms with van der Waals surface area (Å²) in [6.07, 6.45) is 0.149. The van der Waals surface area contributed by atoms with E-state index in [1.165, 1.54) is 10.5 Å². The van der Waals surface area contributed by atoms with Crippen molar-refractivity contribution >= 4 is 11.8 Å². The third-order valence-electron chi connectivity index (χ3n) is 2.24. The van der Waals surface area contributed by atoms with Crippen LogP contribution in [0.15, 0.2) is 29.2 Å². The highest BCUT2D eigenvalue weighted by molar-refractivity contribution is 7.99. The van der Waals surface area contributed by atoms with Crippen LogP contribution in [0.25, 0.3) is 0 Å². The number of hydrogen-bond acceptors (Lipinski definition) is 3. The van der Waals surface area contributed by atoms with Gasteiger partial charge in [-0.05, 0) is 30.5 Å². The molecule has 1 aromatic rings. The average Bonchev–Trinajstić information content (AvgIpc) is 2.28. The number of hydrogen-bond donors (Lipinski definition) is 1. The third-order valence-corrected chi connectivity index (χ3v) is 3.13. The Hall–Kier alpha value is -0.510. The fraction of sp³-hybridized carbons (Fsp3) is 0.500. The van der Waals surface area contributed by atoms with E-state index in [9.17, 15) is 0 Å². The third kappa shape index (κ3) is 3.86. The number of benzene rings is 1. The van der Waals surface area contributed by atoms with Gasteiger partial charge in [0, 0.05) is 18.6 Å². The van der Waals surface area contributed by atoms with Crippen molar-refractivity contribution in [3.8, 4) is 0 Å². The monoisotopic (exact) mass is 225 g/mol. The highest BCUT2D eigenvalue weighted by Gasteiger charge is 2.08. The van der Waals surface area contributed by atoms with E-state index in [1.807, 2.05) is 18.8 Å². The van der Waals surface area contributed by atoms with Gasteiger partial charge in [0.25, 0.3) is 0 Å². The Balaban J connectivity index is 2.68. The maximum absolute atomic E-state index is 5.41. The number of methoxy groups -OCH3 is 1. The molecule has 0 aliphatic rings. The molecule has 0 aliphatic heterocycles. The van der Waals surface area contributed by atoms with Crippen LogP contribution in [-0.4, -0.2) is 26.5 Å². The molecule has 0 heterocycles. The molecule has 0 aliphatic carbocycles. The second-order valence-corrected chi connectivity index (χ2v) is 4.62. The van der Waals surface area contributed by atoms with Crippen LogP contribution in [0.3, 0.4) is 0 Å². The van der Waals surface area contributed by atoms with Crippen LogP contribution in [0.5, 0.6) is 0 Å². The summed E-state index contributed by atoms with van der Waals surface area (Å²) in [6, 6.07) is 8.60. The van der Waals surface area contributed by atoms with Crippen LogP contribution in [-0.2, 0) is 4.74 Å². The fourth-order valence-corrected chi connectivity index (χ4v) is 2.13. The smallest absolute Gasteiger partial charge is 0.0945 e. The van der Waals surface area contributed by atoms with E-state index in [4.69, 9.17) is 4.74 Å². The van der Waals surface area contributed by atoms with Gasteiger partial charge < -0.3 is 10.1 Å². The first-order chi connectivity index (χ1) is 7.31. The summed E-state index contributed by atoms with van der Waals surface area (Å²) in [5.41, 5.74) is 1.23. The minimum atomic E-state index is 0.149. The summed E-state index contributed by atoms with van der Waals surface area (Å²) >= 11 is 1.86. The number of nitrogens with one attached hydrogen (secondary N) is 1. The van der Waals surface area contributed by atoms with Crippen molar-refractivity contribution in [2.24, 2.45) is 0 Å². The summed E-state index contributed by atoms with van der Waals surface area (Å²) in [7, 11) is 3.68. The van der Waals surface area contributed by atoms with E-state index in [2.05, 4.69) is 36.5 Å². The van der Waals surface area contributed by atoms with Gasteiger partial charge in [-0.3, -0.25) is 0 Å². The molecule has 0 aromatic heterocycles. The molecule has 1 aromatic carbocycles. The quantitative estimate of drug-likeness (QED) is 0.752. The first-order valence-corrected chi connectivity index (χ1v) is 6.20. The lowest BCUT2D eigenvalue weighted by Gasteiger charge is -2.15. The van der Waals surface area contributed by atoms with Gasteiger partial charge in [-0.2, -0.15) is 0 Å². The lowest BCUT2D eigenvalue weighted by Crippen LogP contribution is -2.18. The zero-order chi connectivity index (χ0) is 11.1. The van der Waals surface area contributed by atoms with Crippen molar-refractivity contribution in [1.29, 1.82) is 0 Å². The number of ether oxygens (including phenoxy) is 1. The van der Waals surface area contributed by atoms with Gasteiger partial charge in [-0.1, -0.05) is 19.1 Å². The molecule has 0 saturated carbocycles. The molecule has 1 N–H and O–H groups in total. The largest absolute Gasteiger partial charge is 0.375 e. The van der Waals surface area contributed by atoms with E-state index >= 15 is 0 Å². The molecule has 0 spiro atoms. The van der Waals surface area contributed by atoms with Crippen LogP contribution in [0, 0.1) is 0 Å². The molecule has 1 unspecified atom stereocenters. The van der Waals surface area contributed by atoms with Crippen molar-refractivity contribution in [2.45, 2.75) is 17.9 Å². The van der Waals surface area contributed by atoms with Crippen molar-refractivity contribution in [3.63, 3.8) is 0 Å². The minimum Gasteiger partial charge on any atom is -0.375 e. The first-order valence-electron chi connectivity index (χ1n) is 5.22. The predicted molar refractivity (Wildman–Crippen MR) is 66.5 cm³/mol. The molecule has 2 nitrogen and oxygen atoms in total. The molecule has 0 bridgehead atoms. The van der Waals surface area contributed by atoms with E-state index in [0.29, 0.717) is 0 Å². The molecule has 1 rings (SSSR count). The summed E-state index contributed by atoms with van der Waals surface area (Å²) in [5, 5.41) is 3.13. The van der Waals surface area contributed by atoms with Crippen LogP contribution in [0.4, 0.5) is 0 Å². The van der Waals surface area contributed by atoms with Gasteiger partial charge >= 0.3 is 0 Å². The second kappa shape index (κ2) is 6.88.